The molecule has 0 bridgehead atoms. The lowest BCUT2D eigenvalue weighted by molar-refractivity contribution is 0.162. The normalized spacial score (nSPS) is 13.1. The highest BCUT2D eigenvalue weighted by Crippen LogP contribution is 2.04. The summed E-state index contributed by atoms with van der Waals surface area (Å²) in [7, 11) is 1.75. The number of nitrogens with one attached hydrogen (secondary N) is 1. The molecule has 1 aromatic rings. The third kappa shape index (κ3) is 4.96. The van der Waals surface area contributed by atoms with E-state index in [1.54, 1.807) is 7.11 Å². The molecule has 0 spiro atoms. The Morgan fingerprint density at radius 3 is 2.40 bits per heavy atom. The van der Waals surface area contributed by atoms with Gasteiger partial charge in [-0.2, -0.15) is 0 Å². The van der Waals surface area contributed by atoms with Crippen molar-refractivity contribution in [2.75, 3.05) is 13.7 Å². The highest BCUT2D eigenvalue weighted by Gasteiger charge is 2.09. The lowest BCUT2D eigenvalue weighted by Gasteiger charge is -2.20. The molecule has 0 aliphatic heterocycles. The molecule has 0 saturated carbocycles. The SMILES string of the molecule is COC[C@@H](Cc1ccccc1)NC(C)C. The van der Waals surface area contributed by atoms with Gasteiger partial charge in [0.15, 0.2) is 0 Å². The Kier molecular flexibility index (Phi) is 5.37. The van der Waals surface area contributed by atoms with Gasteiger partial charge in [0.25, 0.3) is 0 Å². The Bertz CT molecular complexity index is 258. The van der Waals surface area contributed by atoms with E-state index in [1.807, 2.05) is 6.07 Å². The largest absolute Gasteiger partial charge is 0.383 e. The molecule has 1 atom stereocenters. The monoisotopic (exact) mass is 207 g/mol. The first kappa shape index (κ1) is 12.2. The summed E-state index contributed by atoms with van der Waals surface area (Å²) in [5.41, 5.74) is 1.35. The van der Waals surface area contributed by atoms with Gasteiger partial charge >= 0.3 is 0 Å². The molecular weight excluding hydrogens is 186 g/mol. The van der Waals surface area contributed by atoms with Crippen LogP contribution in [0.25, 0.3) is 0 Å². The van der Waals surface area contributed by atoms with Crippen LogP contribution in [0.5, 0.6) is 0 Å². The van der Waals surface area contributed by atoms with E-state index in [0.717, 1.165) is 13.0 Å². The standard InChI is InChI=1S/C13H21NO/c1-11(2)14-13(10-15-3)9-12-7-5-4-6-8-12/h4-8,11,13-14H,9-10H2,1-3H3/t13-/m1/s1. The predicted octanol–water partition coefficient (Wildman–Crippen LogP) is 2.24. The van der Waals surface area contributed by atoms with E-state index in [4.69, 9.17) is 4.74 Å². The van der Waals surface area contributed by atoms with Crippen molar-refractivity contribution in [1.29, 1.82) is 0 Å². The summed E-state index contributed by atoms with van der Waals surface area (Å²) in [4.78, 5) is 0. The van der Waals surface area contributed by atoms with Crippen molar-refractivity contribution in [2.24, 2.45) is 0 Å². The Hall–Kier alpha value is -0.860. The van der Waals surface area contributed by atoms with Crippen molar-refractivity contribution in [3.05, 3.63) is 35.9 Å². The molecular formula is C13H21NO. The fourth-order valence-electron chi connectivity index (χ4n) is 1.74. The van der Waals surface area contributed by atoms with Gasteiger partial charge in [0, 0.05) is 19.2 Å². The van der Waals surface area contributed by atoms with Crippen LogP contribution in [0, 0.1) is 0 Å². The number of ether oxygens (including phenoxy) is 1. The quantitative estimate of drug-likeness (QED) is 0.772. The third-order valence-corrected chi connectivity index (χ3v) is 2.26. The van der Waals surface area contributed by atoms with Crippen LogP contribution in [0.1, 0.15) is 19.4 Å². The molecule has 15 heavy (non-hydrogen) atoms. The van der Waals surface area contributed by atoms with Gasteiger partial charge in [-0.15, -0.1) is 0 Å². The number of rotatable bonds is 6. The fourth-order valence-corrected chi connectivity index (χ4v) is 1.74. The molecule has 2 heteroatoms. The molecule has 2 nitrogen and oxygen atoms in total. The van der Waals surface area contributed by atoms with Crippen molar-refractivity contribution >= 4 is 0 Å². The van der Waals surface area contributed by atoms with E-state index >= 15 is 0 Å². The summed E-state index contributed by atoms with van der Waals surface area (Å²) in [6, 6.07) is 11.4. The Morgan fingerprint density at radius 2 is 1.87 bits per heavy atom. The summed E-state index contributed by atoms with van der Waals surface area (Å²) in [6.07, 6.45) is 1.02. The highest BCUT2D eigenvalue weighted by molar-refractivity contribution is 5.15. The van der Waals surface area contributed by atoms with Crippen molar-refractivity contribution in [3.8, 4) is 0 Å². The van der Waals surface area contributed by atoms with Crippen LogP contribution in [0.3, 0.4) is 0 Å². The molecule has 0 heterocycles. The van der Waals surface area contributed by atoms with E-state index < -0.39 is 0 Å². The number of hydrogen-bond donors (Lipinski definition) is 1. The second kappa shape index (κ2) is 6.59. The van der Waals surface area contributed by atoms with Crippen LogP contribution in [0.4, 0.5) is 0 Å². The smallest absolute Gasteiger partial charge is 0.0619 e. The van der Waals surface area contributed by atoms with Gasteiger partial charge in [-0.3, -0.25) is 0 Å². The molecule has 1 rings (SSSR count). The number of hydrogen-bond acceptors (Lipinski definition) is 2. The van der Waals surface area contributed by atoms with Gasteiger partial charge in [-0.25, -0.2) is 0 Å². The van der Waals surface area contributed by atoms with Crippen LogP contribution < -0.4 is 5.32 Å². The molecule has 1 N–H and O–H groups in total. The van der Waals surface area contributed by atoms with Gasteiger partial charge in [-0.1, -0.05) is 44.2 Å². The molecule has 0 fully saturated rings. The second-order valence-electron chi connectivity index (χ2n) is 4.16. The average Bonchev–Trinajstić information content (AvgIpc) is 2.18. The molecule has 0 radical (unpaired) electrons. The van der Waals surface area contributed by atoms with E-state index in [9.17, 15) is 0 Å². The minimum absolute atomic E-state index is 0.400. The van der Waals surface area contributed by atoms with Crippen LogP contribution in [-0.2, 0) is 11.2 Å². The third-order valence-electron chi connectivity index (χ3n) is 2.26. The molecule has 1 aromatic carbocycles. The first-order chi connectivity index (χ1) is 7.22. The Balaban J connectivity index is 2.50. The van der Waals surface area contributed by atoms with Crippen LogP contribution in [0.2, 0.25) is 0 Å². The summed E-state index contributed by atoms with van der Waals surface area (Å²) >= 11 is 0. The molecule has 84 valence electrons. The molecule has 0 saturated heterocycles. The average molecular weight is 207 g/mol. The zero-order valence-electron chi connectivity index (χ0n) is 9.86. The van der Waals surface area contributed by atoms with Crippen LogP contribution in [-0.4, -0.2) is 25.8 Å². The maximum absolute atomic E-state index is 5.21. The summed E-state index contributed by atoms with van der Waals surface area (Å²) in [5.74, 6) is 0. The molecule has 0 unspecified atom stereocenters. The van der Waals surface area contributed by atoms with E-state index in [1.165, 1.54) is 5.56 Å². The van der Waals surface area contributed by atoms with Gasteiger partial charge in [-0.05, 0) is 12.0 Å². The number of benzene rings is 1. The van der Waals surface area contributed by atoms with Crippen LogP contribution >= 0.6 is 0 Å². The van der Waals surface area contributed by atoms with E-state index in [0.29, 0.717) is 12.1 Å². The van der Waals surface area contributed by atoms with Gasteiger partial charge < -0.3 is 10.1 Å². The Labute approximate surface area is 92.6 Å². The van der Waals surface area contributed by atoms with Gasteiger partial charge in [0.1, 0.15) is 0 Å². The van der Waals surface area contributed by atoms with E-state index in [-0.39, 0.29) is 0 Å². The molecule has 0 aliphatic rings. The maximum Gasteiger partial charge on any atom is 0.0619 e. The minimum Gasteiger partial charge on any atom is -0.383 e. The van der Waals surface area contributed by atoms with E-state index in [2.05, 4.69) is 43.4 Å². The zero-order chi connectivity index (χ0) is 11.1. The highest BCUT2D eigenvalue weighted by atomic mass is 16.5. The minimum atomic E-state index is 0.400. The summed E-state index contributed by atoms with van der Waals surface area (Å²) in [6.45, 7) is 5.08. The summed E-state index contributed by atoms with van der Waals surface area (Å²) in [5, 5.41) is 3.50. The Morgan fingerprint density at radius 1 is 1.20 bits per heavy atom. The maximum atomic E-state index is 5.21. The van der Waals surface area contributed by atoms with Crippen molar-refractivity contribution < 1.29 is 4.74 Å². The summed E-state index contributed by atoms with van der Waals surface area (Å²) < 4.78 is 5.21. The first-order valence-electron chi connectivity index (χ1n) is 5.51. The van der Waals surface area contributed by atoms with Gasteiger partial charge in [0.2, 0.25) is 0 Å². The molecule has 0 aliphatic carbocycles. The lowest BCUT2D eigenvalue weighted by atomic mass is 10.1. The predicted molar refractivity (Wildman–Crippen MR) is 64.1 cm³/mol. The topological polar surface area (TPSA) is 21.3 Å². The number of methoxy groups -OCH3 is 1. The molecule has 0 aromatic heterocycles. The van der Waals surface area contributed by atoms with Crippen molar-refractivity contribution in [3.63, 3.8) is 0 Å². The second-order valence-corrected chi connectivity index (χ2v) is 4.16. The van der Waals surface area contributed by atoms with Crippen LogP contribution in [0.15, 0.2) is 30.3 Å². The fraction of sp³-hybridized carbons (Fsp3) is 0.538. The van der Waals surface area contributed by atoms with Crippen molar-refractivity contribution in [2.45, 2.75) is 32.4 Å². The molecule has 0 amide bonds. The van der Waals surface area contributed by atoms with Crippen molar-refractivity contribution in [1.82, 2.24) is 5.32 Å². The first-order valence-corrected chi connectivity index (χ1v) is 5.51. The lowest BCUT2D eigenvalue weighted by Crippen LogP contribution is -2.39. The van der Waals surface area contributed by atoms with Gasteiger partial charge in [0.05, 0.1) is 6.61 Å². The zero-order valence-corrected chi connectivity index (χ0v) is 9.86.